The number of carbonyl (C=O) groups is 2. The highest BCUT2D eigenvalue weighted by Crippen LogP contribution is 2.10. The van der Waals surface area contributed by atoms with Gasteiger partial charge >= 0.3 is 0 Å². The van der Waals surface area contributed by atoms with Crippen molar-refractivity contribution in [2.75, 3.05) is 19.6 Å². The first kappa shape index (κ1) is 21.5. The number of hydrogen-bond donors (Lipinski definition) is 3. The van der Waals surface area contributed by atoms with E-state index in [9.17, 15) is 9.59 Å². The Morgan fingerprint density at radius 2 is 1.92 bits per heavy atom. The Balaban J connectivity index is 0.00000312. The van der Waals surface area contributed by atoms with Gasteiger partial charge in [-0.1, -0.05) is 31.5 Å². The number of benzene rings is 1. The van der Waals surface area contributed by atoms with Crippen LogP contribution in [0.25, 0.3) is 0 Å². The summed E-state index contributed by atoms with van der Waals surface area (Å²) >= 11 is 0. The van der Waals surface area contributed by atoms with E-state index in [2.05, 4.69) is 16.0 Å². The molecule has 1 aliphatic rings. The molecule has 1 aromatic rings. The van der Waals surface area contributed by atoms with Crippen molar-refractivity contribution in [2.24, 2.45) is 11.8 Å². The SMILES string of the molecule is Cc1ccc(C(=O)NC(C(=O)NCC2CCCNC2)C(C)C)cc1.Cl. The van der Waals surface area contributed by atoms with Gasteiger partial charge in [-0.2, -0.15) is 0 Å². The summed E-state index contributed by atoms with van der Waals surface area (Å²) in [6.45, 7) is 8.54. The van der Waals surface area contributed by atoms with Gasteiger partial charge in [-0.05, 0) is 56.8 Å². The van der Waals surface area contributed by atoms with Crippen molar-refractivity contribution in [3.8, 4) is 0 Å². The molecule has 0 aromatic heterocycles. The Hall–Kier alpha value is -1.59. The van der Waals surface area contributed by atoms with Crippen LogP contribution in [0.2, 0.25) is 0 Å². The fourth-order valence-corrected chi connectivity index (χ4v) is 2.92. The molecule has 1 heterocycles. The van der Waals surface area contributed by atoms with Gasteiger partial charge in [0.05, 0.1) is 0 Å². The number of carbonyl (C=O) groups excluding carboxylic acids is 2. The van der Waals surface area contributed by atoms with E-state index in [1.54, 1.807) is 12.1 Å². The van der Waals surface area contributed by atoms with Crippen molar-refractivity contribution in [1.29, 1.82) is 0 Å². The molecule has 3 N–H and O–H groups in total. The highest BCUT2D eigenvalue weighted by atomic mass is 35.5. The minimum atomic E-state index is -0.518. The number of rotatable bonds is 6. The Morgan fingerprint density at radius 1 is 1.24 bits per heavy atom. The maximum absolute atomic E-state index is 12.5. The number of halogens is 1. The van der Waals surface area contributed by atoms with Crippen LogP contribution in [0, 0.1) is 18.8 Å². The van der Waals surface area contributed by atoms with Crippen molar-refractivity contribution in [2.45, 2.75) is 39.7 Å². The van der Waals surface area contributed by atoms with Gasteiger partial charge in [-0.25, -0.2) is 0 Å². The predicted molar refractivity (Wildman–Crippen MR) is 103 cm³/mol. The van der Waals surface area contributed by atoms with Gasteiger partial charge in [0.15, 0.2) is 0 Å². The zero-order valence-electron chi connectivity index (χ0n) is 15.3. The summed E-state index contributed by atoms with van der Waals surface area (Å²) in [7, 11) is 0. The summed E-state index contributed by atoms with van der Waals surface area (Å²) in [4.78, 5) is 24.9. The van der Waals surface area contributed by atoms with Gasteiger partial charge in [-0.3, -0.25) is 9.59 Å². The minimum Gasteiger partial charge on any atom is -0.354 e. The lowest BCUT2D eigenvalue weighted by atomic mass is 9.98. The van der Waals surface area contributed by atoms with Crippen LogP contribution in [0.4, 0.5) is 0 Å². The highest BCUT2D eigenvalue weighted by Gasteiger charge is 2.25. The maximum Gasteiger partial charge on any atom is 0.251 e. The van der Waals surface area contributed by atoms with Crippen LogP contribution >= 0.6 is 12.4 Å². The standard InChI is InChI=1S/C19H29N3O2.ClH/c1-13(2)17(19(24)21-12-15-5-4-10-20-11-15)22-18(23)16-8-6-14(3)7-9-16;/h6-9,13,15,17,20H,4-5,10-12H2,1-3H3,(H,21,24)(H,22,23);1H. The van der Waals surface area contributed by atoms with Crippen LogP contribution in [0.1, 0.15) is 42.6 Å². The van der Waals surface area contributed by atoms with E-state index in [1.807, 2.05) is 32.9 Å². The third-order valence-electron chi connectivity index (χ3n) is 4.51. The molecule has 0 aliphatic carbocycles. The lowest BCUT2D eigenvalue weighted by molar-refractivity contribution is -0.124. The van der Waals surface area contributed by atoms with Crippen LogP contribution in [-0.4, -0.2) is 37.5 Å². The molecule has 0 spiro atoms. The van der Waals surface area contributed by atoms with Crippen molar-refractivity contribution in [3.05, 3.63) is 35.4 Å². The lowest BCUT2D eigenvalue weighted by Gasteiger charge is -2.26. The highest BCUT2D eigenvalue weighted by molar-refractivity contribution is 5.97. The third-order valence-corrected chi connectivity index (χ3v) is 4.51. The van der Waals surface area contributed by atoms with E-state index in [1.165, 1.54) is 0 Å². The second-order valence-electron chi connectivity index (χ2n) is 7.02. The molecule has 2 unspecified atom stereocenters. The molecule has 2 rings (SSSR count). The second kappa shape index (κ2) is 10.4. The molecular weight excluding hydrogens is 338 g/mol. The smallest absolute Gasteiger partial charge is 0.251 e. The molecule has 2 amide bonds. The summed E-state index contributed by atoms with van der Waals surface area (Å²) in [6.07, 6.45) is 2.29. The number of hydrogen-bond acceptors (Lipinski definition) is 3. The molecule has 1 aromatic carbocycles. The molecule has 1 aliphatic heterocycles. The maximum atomic E-state index is 12.5. The fraction of sp³-hybridized carbons (Fsp3) is 0.579. The number of nitrogens with one attached hydrogen (secondary N) is 3. The minimum absolute atomic E-state index is 0. The molecule has 6 heteroatoms. The van der Waals surface area contributed by atoms with Crippen LogP contribution in [0.3, 0.4) is 0 Å². The van der Waals surface area contributed by atoms with Gasteiger partial charge in [-0.15, -0.1) is 12.4 Å². The summed E-state index contributed by atoms with van der Waals surface area (Å²) in [5.41, 5.74) is 1.68. The number of amides is 2. The van der Waals surface area contributed by atoms with Crippen molar-refractivity contribution in [3.63, 3.8) is 0 Å². The average Bonchev–Trinajstić information content (AvgIpc) is 2.58. The van der Waals surface area contributed by atoms with Gasteiger partial charge in [0, 0.05) is 12.1 Å². The van der Waals surface area contributed by atoms with Crippen LogP contribution in [0.15, 0.2) is 24.3 Å². The summed E-state index contributed by atoms with van der Waals surface area (Å²) in [5.74, 6) is 0.200. The van der Waals surface area contributed by atoms with Crippen LogP contribution in [-0.2, 0) is 4.79 Å². The number of piperidine rings is 1. The molecule has 2 atom stereocenters. The molecule has 0 radical (unpaired) electrons. The molecule has 140 valence electrons. The van der Waals surface area contributed by atoms with Crippen molar-refractivity contribution >= 4 is 24.2 Å². The summed E-state index contributed by atoms with van der Waals surface area (Å²) < 4.78 is 0. The molecule has 0 bridgehead atoms. The third kappa shape index (κ3) is 6.67. The zero-order chi connectivity index (χ0) is 17.5. The molecule has 5 nitrogen and oxygen atoms in total. The van der Waals surface area contributed by atoms with E-state index in [0.717, 1.165) is 31.5 Å². The Labute approximate surface area is 156 Å². The van der Waals surface area contributed by atoms with Crippen molar-refractivity contribution in [1.82, 2.24) is 16.0 Å². The molecule has 1 fully saturated rings. The molecule has 1 saturated heterocycles. The Bertz CT molecular complexity index is 554. The largest absolute Gasteiger partial charge is 0.354 e. The zero-order valence-corrected chi connectivity index (χ0v) is 16.1. The molecule has 0 saturated carbocycles. The van der Waals surface area contributed by atoms with E-state index in [-0.39, 0.29) is 30.1 Å². The quantitative estimate of drug-likeness (QED) is 0.722. The van der Waals surface area contributed by atoms with E-state index in [0.29, 0.717) is 18.0 Å². The number of aryl methyl sites for hydroxylation is 1. The second-order valence-corrected chi connectivity index (χ2v) is 7.02. The summed E-state index contributed by atoms with van der Waals surface area (Å²) in [5, 5.41) is 9.23. The van der Waals surface area contributed by atoms with Gasteiger partial charge in [0.1, 0.15) is 6.04 Å². The lowest BCUT2D eigenvalue weighted by Crippen LogP contribution is -2.51. The van der Waals surface area contributed by atoms with Gasteiger partial charge < -0.3 is 16.0 Å². The molecular formula is C19H30ClN3O2. The van der Waals surface area contributed by atoms with E-state index in [4.69, 9.17) is 0 Å². The van der Waals surface area contributed by atoms with Crippen molar-refractivity contribution < 1.29 is 9.59 Å². The topological polar surface area (TPSA) is 70.2 Å². The molecule has 25 heavy (non-hydrogen) atoms. The summed E-state index contributed by atoms with van der Waals surface area (Å²) in [6, 6.07) is 6.85. The van der Waals surface area contributed by atoms with Crippen LogP contribution in [0.5, 0.6) is 0 Å². The monoisotopic (exact) mass is 367 g/mol. The fourth-order valence-electron chi connectivity index (χ4n) is 2.92. The first-order valence-electron chi connectivity index (χ1n) is 8.83. The van der Waals surface area contributed by atoms with E-state index >= 15 is 0 Å². The predicted octanol–water partition coefficient (Wildman–Crippen LogP) is 2.29. The van der Waals surface area contributed by atoms with Crippen LogP contribution < -0.4 is 16.0 Å². The van der Waals surface area contributed by atoms with E-state index < -0.39 is 6.04 Å². The first-order chi connectivity index (χ1) is 11.5. The first-order valence-corrected chi connectivity index (χ1v) is 8.83. The van der Waals surface area contributed by atoms with Gasteiger partial charge in [0.25, 0.3) is 5.91 Å². The Morgan fingerprint density at radius 3 is 2.48 bits per heavy atom. The Kier molecular flexibility index (Phi) is 8.93. The van der Waals surface area contributed by atoms with Gasteiger partial charge in [0.2, 0.25) is 5.91 Å². The average molecular weight is 368 g/mol. The normalized spacial score (nSPS) is 18.2.